The fourth-order valence-corrected chi connectivity index (χ4v) is 3.07. The molecule has 0 saturated heterocycles. The monoisotopic (exact) mass is 316 g/mol. The highest BCUT2D eigenvalue weighted by atomic mass is 16.3. The molecule has 0 spiro atoms. The van der Waals surface area contributed by atoms with Crippen molar-refractivity contribution < 1.29 is 9.90 Å². The molecule has 0 aliphatic carbocycles. The second kappa shape index (κ2) is 7.18. The van der Waals surface area contributed by atoms with Crippen LogP contribution in [0.15, 0.2) is 30.5 Å². The molecule has 1 atom stereocenters. The number of fused-ring (bicyclic) bond motifs is 1. The van der Waals surface area contributed by atoms with Gasteiger partial charge >= 0.3 is 0 Å². The summed E-state index contributed by atoms with van der Waals surface area (Å²) in [5, 5.41) is 13.6. The molecule has 1 heterocycles. The van der Waals surface area contributed by atoms with Gasteiger partial charge in [-0.3, -0.25) is 4.79 Å². The molecule has 1 aromatic heterocycles. The van der Waals surface area contributed by atoms with Crippen molar-refractivity contribution in [1.82, 2.24) is 9.88 Å². The summed E-state index contributed by atoms with van der Waals surface area (Å²) >= 11 is 0. The van der Waals surface area contributed by atoms with Gasteiger partial charge in [-0.2, -0.15) is 0 Å². The number of amides is 1. The molecule has 0 bridgehead atoms. The smallest absolute Gasteiger partial charge is 0.220 e. The molecular weight excluding hydrogens is 288 g/mol. The first-order valence-electron chi connectivity index (χ1n) is 8.23. The van der Waals surface area contributed by atoms with Gasteiger partial charge in [-0.1, -0.05) is 39.0 Å². The van der Waals surface area contributed by atoms with Gasteiger partial charge in [-0.15, -0.1) is 0 Å². The van der Waals surface area contributed by atoms with Crippen LogP contribution >= 0.6 is 0 Å². The van der Waals surface area contributed by atoms with E-state index in [1.165, 1.54) is 16.5 Å². The van der Waals surface area contributed by atoms with Gasteiger partial charge in [0.05, 0.1) is 12.6 Å². The molecule has 1 aromatic carbocycles. The van der Waals surface area contributed by atoms with Crippen molar-refractivity contribution in [3.05, 3.63) is 36.0 Å². The Bertz CT molecular complexity index is 668. The number of nitrogens with zero attached hydrogens (tertiary/aromatic N) is 1. The largest absolute Gasteiger partial charge is 0.394 e. The zero-order valence-corrected chi connectivity index (χ0v) is 14.6. The van der Waals surface area contributed by atoms with E-state index in [0.717, 1.165) is 6.42 Å². The molecule has 0 aliphatic heterocycles. The predicted molar refractivity (Wildman–Crippen MR) is 94.3 cm³/mol. The van der Waals surface area contributed by atoms with E-state index in [4.69, 9.17) is 0 Å². The third-order valence-corrected chi connectivity index (χ3v) is 4.05. The maximum Gasteiger partial charge on any atom is 0.220 e. The zero-order chi connectivity index (χ0) is 17.0. The SMILES string of the molecule is Cn1cc(CCC(=O)NC(CO)CC(C)(C)C)c2ccccc21. The summed E-state index contributed by atoms with van der Waals surface area (Å²) in [6, 6.07) is 8.06. The Labute approximate surface area is 138 Å². The molecule has 0 radical (unpaired) electrons. The Morgan fingerprint density at radius 3 is 2.65 bits per heavy atom. The highest BCUT2D eigenvalue weighted by Crippen LogP contribution is 2.22. The van der Waals surface area contributed by atoms with Crippen LogP contribution in [0.3, 0.4) is 0 Å². The maximum absolute atomic E-state index is 12.2. The van der Waals surface area contributed by atoms with Gasteiger partial charge in [-0.25, -0.2) is 0 Å². The van der Waals surface area contributed by atoms with Gasteiger partial charge in [-0.05, 0) is 29.9 Å². The first-order chi connectivity index (χ1) is 10.8. The predicted octanol–water partition coefficient (Wildman–Crippen LogP) is 3.02. The number of aromatic nitrogens is 1. The van der Waals surface area contributed by atoms with Crippen LogP contribution in [-0.4, -0.2) is 28.2 Å². The van der Waals surface area contributed by atoms with E-state index < -0.39 is 0 Å². The molecule has 2 rings (SSSR count). The minimum absolute atomic E-state index is 0.00114. The number of aryl methyl sites for hydroxylation is 2. The van der Waals surface area contributed by atoms with Crippen LogP contribution < -0.4 is 5.32 Å². The normalized spacial score (nSPS) is 13.3. The van der Waals surface area contributed by atoms with Gasteiger partial charge in [0, 0.05) is 30.6 Å². The lowest BCUT2D eigenvalue weighted by molar-refractivity contribution is -0.122. The zero-order valence-electron chi connectivity index (χ0n) is 14.6. The topological polar surface area (TPSA) is 54.3 Å². The van der Waals surface area contributed by atoms with Crippen LogP contribution in [0.4, 0.5) is 0 Å². The lowest BCUT2D eigenvalue weighted by atomic mass is 9.88. The standard InChI is InChI=1S/C19H28N2O2/c1-19(2,3)11-15(13-22)20-18(23)10-9-14-12-21(4)17-8-6-5-7-16(14)17/h5-8,12,15,22H,9-11,13H2,1-4H3,(H,20,23). The molecule has 1 amide bonds. The third kappa shape index (κ3) is 4.83. The van der Waals surface area contributed by atoms with Crippen LogP contribution in [0.25, 0.3) is 10.9 Å². The molecule has 1 unspecified atom stereocenters. The fraction of sp³-hybridized carbons (Fsp3) is 0.526. The van der Waals surface area contributed by atoms with Crippen molar-refractivity contribution in [2.24, 2.45) is 12.5 Å². The number of aliphatic hydroxyl groups is 1. The Morgan fingerprint density at radius 1 is 1.30 bits per heavy atom. The second-order valence-electron chi connectivity index (χ2n) is 7.49. The van der Waals surface area contributed by atoms with Gasteiger partial charge in [0.25, 0.3) is 0 Å². The van der Waals surface area contributed by atoms with Crippen molar-refractivity contribution in [3.8, 4) is 0 Å². The Kier molecular flexibility index (Phi) is 5.47. The maximum atomic E-state index is 12.2. The first kappa shape index (κ1) is 17.5. The molecule has 2 aromatic rings. The van der Waals surface area contributed by atoms with Crippen molar-refractivity contribution in [2.75, 3.05) is 6.61 Å². The summed E-state index contributed by atoms with van der Waals surface area (Å²) in [5.41, 5.74) is 2.45. The number of carbonyl (C=O) groups excluding carboxylic acids is 1. The number of rotatable bonds is 6. The van der Waals surface area contributed by atoms with Crippen molar-refractivity contribution in [1.29, 1.82) is 0 Å². The van der Waals surface area contributed by atoms with Gasteiger partial charge < -0.3 is 15.0 Å². The molecule has 0 fully saturated rings. The minimum Gasteiger partial charge on any atom is -0.394 e. The van der Waals surface area contributed by atoms with Crippen LogP contribution in [-0.2, 0) is 18.3 Å². The molecule has 23 heavy (non-hydrogen) atoms. The van der Waals surface area contributed by atoms with Crippen molar-refractivity contribution in [2.45, 2.75) is 46.1 Å². The number of para-hydroxylation sites is 1. The highest BCUT2D eigenvalue weighted by molar-refractivity contribution is 5.85. The minimum atomic E-state index is -0.171. The van der Waals surface area contributed by atoms with E-state index in [1.807, 2.05) is 19.2 Å². The quantitative estimate of drug-likeness (QED) is 0.860. The first-order valence-corrected chi connectivity index (χ1v) is 8.23. The molecule has 2 N–H and O–H groups in total. The van der Waals surface area contributed by atoms with Gasteiger partial charge in [0.15, 0.2) is 0 Å². The third-order valence-electron chi connectivity index (χ3n) is 4.05. The average Bonchev–Trinajstić information content (AvgIpc) is 2.80. The summed E-state index contributed by atoms with van der Waals surface area (Å²) in [6.45, 7) is 6.31. The second-order valence-corrected chi connectivity index (χ2v) is 7.49. The van der Waals surface area contributed by atoms with Crippen molar-refractivity contribution >= 4 is 16.8 Å². The summed E-state index contributed by atoms with van der Waals surface area (Å²) in [7, 11) is 2.02. The molecule has 4 nitrogen and oxygen atoms in total. The highest BCUT2D eigenvalue weighted by Gasteiger charge is 2.19. The number of benzene rings is 1. The number of hydrogen-bond acceptors (Lipinski definition) is 2. The van der Waals surface area contributed by atoms with Gasteiger partial charge in [0.1, 0.15) is 0 Å². The van der Waals surface area contributed by atoms with Crippen LogP contribution in [0.2, 0.25) is 0 Å². The molecular formula is C19H28N2O2. The van der Waals surface area contributed by atoms with Crippen LogP contribution in [0, 0.1) is 5.41 Å². The Balaban J connectivity index is 1.95. The molecule has 4 heteroatoms. The van der Waals surface area contributed by atoms with E-state index in [0.29, 0.717) is 12.8 Å². The number of carbonyl (C=O) groups is 1. The molecule has 126 valence electrons. The van der Waals surface area contributed by atoms with E-state index >= 15 is 0 Å². The van der Waals surface area contributed by atoms with Crippen LogP contribution in [0.5, 0.6) is 0 Å². The van der Waals surface area contributed by atoms with Crippen molar-refractivity contribution in [3.63, 3.8) is 0 Å². The average molecular weight is 316 g/mol. The lowest BCUT2D eigenvalue weighted by Gasteiger charge is -2.25. The Hall–Kier alpha value is -1.81. The van der Waals surface area contributed by atoms with E-state index in [1.54, 1.807) is 0 Å². The summed E-state index contributed by atoms with van der Waals surface area (Å²) in [4.78, 5) is 12.2. The van der Waals surface area contributed by atoms with Crippen LogP contribution in [0.1, 0.15) is 39.2 Å². The summed E-state index contributed by atoms with van der Waals surface area (Å²) < 4.78 is 2.10. The fourth-order valence-electron chi connectivity index (χ4n) is 3.07. The number of aliphatic hydroxyl groups excluding tert-OH is 1. The molecule has 0 aliphatic rings. The Morgan fingerprint density at radius 2 is 2.00 bits per heavy atom. The number of hydrogen-bond donors (Lipinski definition) is 2. The number of nitrogens with one attached hydrogen (secondary N) is 1. The van der Waals surface area contributed by atoms with Gasteiger partial charge in [0.2, 0.25) is 5.91 Å². The van der Waals surface area contributed by atoms with E-state index in [-0.39, 0.29) is 24.0 Å². The van der Waals surface area contributed by atoms with E-state index in [9.17, 15) is 9.90 Å². The van der Waals surface area contributed by atoms with E-state index in [2.05, 4.69) is 49.0 Å². The molecule has 0 saturated carbocycles. The lowest BCUT2D eigenvalue weighted by Crippen LogP contribution is -2.40. The summed E-state index contributed by atoms with van der Waals surface area (Å²) in [5.74, 6) is 0.00114. The summed E-state index contributed by atoms with van der Waals surface area (Å²) in [6.07, 6.45) is 4.01.